The molecule has 0 radical (unpaired) electrons. The molecular weight excluding hydrogens is 319 g/mol. The molecule has 0 fully saturated rings. The van der Waals surface area contributed by atoms with E-state index >= 15 is 0 Å². The van der Waals surface area contributed by atoms with Gasteiger partial charge in [0, 0.05) is 16.1 Å². The molecule has 0 aliphatic heterocycles. The van der Waals surface area contributed by atoms with Crippen LogP contribution in [0.3, 0.4) is 0 Å². The number of hydrogen-bond acceptors (Lipinski definition) is 2. The molecule has 20 heavy (non-hydrogen) atoms. The number of hydrogen-bond donors (Lipinski definition) is 1. The molecule has 0 spiro atoms. The Morgan fingerprint density at radius 1 is 1.35 bits per heavy atom. The summed E-state index contributed by atoms with van der Waals surface area (Å²) in [7, 11) is 4.14. The molecule has 0 aliphatic carbocycles. The Morgan fingerprint density at radius 3 is 2.50 bits per heavy atom. The summed E-state index contributed by atoms with van der Waals surface area (Å²) in [6, 6.07) is 5.51. The van der Waals surface area contributed by atoms with E-state index in [1.54, 1.807) is 0 Å². The molecule has 4 heteroatoms. The predicted octanol–water partition coefficient (Wildman–Crippen LogP) is 3.84. The highest BCUT2D eigenvalue weighted by molar-refractivity contribution is 9.10. The standard InChI is InChI=1S/C16H26BrFN2/c1-6-9-19-15(16(2,3)20(4)5)10-12-7-8-13(17)11-14(12)18/h7-8,11,15,19H,6,9-10H2,1-5H3. The van der Waals surface area contributed by atoms with Gasteiger partial charge in [0.15, 0.2) is 0 Å². The highest BCUT2D eigenvalue weighted by Crippen LogP contribution is 2.22. The number of nitrogens with zero attached hydrogens (tertiary/aromatic N) is 1. The van der Waals surface area contributed by atoms with Crippen molar-refractivity contribution < 1.29 is 4.39 Å². The zero-order chi connectivity index (χ0) is 15.3. The third-order valence-electron chi connectivity index (χ3n) is 4.09. The lowest BCUT2D eigenvalue weighted by atomic mass is 9.88. The number of halogens is 2. The van der Waals surface area contributed by atoms with Crippen molar-refractivity contribution in [3.63, 3.8) is 0 Å². The van der Waals surface area contributed by atoms with E-state index in [4.69, 9.17) is 0 Å². The first-order valence-corrected chi connectivity index (χ1v) is 7.93. The van der Waals surface area contributed by atoms with Gasteiger partial charge in [-0.2, -0.15) is 0 Å². The molecule has 0 heterocycles. The van der Waals surface area contributed by atoms with Crippen LogP contribution in [-0.4, -0.2) is 37.1 Å². The third kappa shape index (κ3) is 4.54. The van der Waals surface area contributed by atoms with Crippen LogP contribution in [0.15, 0.2) is 22.7 Å². The van der Waals surface area contributed by atoms with E-state index in [0.717, 1.165) is 23.0 Å². The lowest BCUT2D eigenvalue weighted by Gasteiger charge is -2.41. The van der Waals surface area contributed by atoms with Crippen molar-refractivity contribution in [2.75, 3.05) is 20.6 Å². The van der Waals surface area contributed by atoms with Crippen molar-refractivity contribution in [1.82, 2.24) is 10.2 Å². The Labute approximate surface area is 130 Å². The fraction of sp³-hybridized carbons (Fsp3) is 0.625. The van der Waals surface area contributed by atoms with Crippen molar-refractivity contribution in [3.05, 3.63) is 34.1 Å². The van der Waals surface area contributed by atoms with Crippen molar-refractivity contribution in [2.45, 2.75) is 45.2 Å². The molecule has 0 aliphatic rings. The van der Waals surface area contributed by atoms with Gasteiger partial charge in [-0.1, -0.05) is 28.9 Å². The highest BCUT2D eigenvalue weighted by Gasteiger charge is 2.31. The molecule has 1 N–H and O–H groups in total. The van der Waals surface area contributed by atoms with Crippen LogP contribution in [-0.2, 0) is 6.42 Å². The molecule has 0 bridgehead atoms. The molecule has 1 aromatic rings. The van der Waals surface area contributed by atoms with Crippen LogP contribution in [0.4, 0.5) is 4.39 Å². The zero-order valence-electron chi connectivity index (χ0n) is 13.1. The van der Waals surface area contributed by atoms with Gasteiger partial charge >= 0.3 is 0 Å². The molecule has 0 amide bonds. The number of benzene rings is 1. The summed E-state index contributed by atoms with van der Waals surface area (Å²) in [5.41, 5.74) is 0.714. The second-order valence-corrected chi connectivity index (χ2v) is 6.91. The van der Waals surface area contributed by atoms with Gasteiger partial charge < -0.3 is 10.2 Å². The molecular formula is C16H26BrFN2. The molecule has 0 saturated heterocycles. The zero-order valence-corrected chi connectivity index (χ0v) is 14.7. The first-order valence-electron chi connectivity index (χ1n) is 7.13. The van der Waals surface area contributed by atoms with Crippen molar-refractivity contribution in [2.24, 2.45) is 0 Å². The van der Waals surface area contributed by atoms with Gasteiger partial charge in [-0.25, -0.2) is 4.39 Å². The number of nitrogens with one attached hydrogen (secondary N) is 1. The first kappa shape index (κ1) is 17.6. The molecule has 1 rings (SSSR count). The van der Waals surface area contributed by atoms with Crippen LogP contribution in [0, 0.1) is 5.82 Å². The van der Waals surface area contributed by atoms with Gasteiger partial charge in [-0.3, -0.25) is 0 Å². The lowest BCUT2D eigenvalue weighted by molar-refractivity contribution is 0.136. The Bertz CT molecular complexity index is 432. The summed E-state index contributed by atoms with van der Waals surface area (Å²) in [5.74, 6) is -0.141. The van der Waals surface area contributed by atoms with Gasteiger partial charge in [-0.05, 0) is 65.0 Å². The summed E-state index contributed by atoms with van der Waals surface area (Å²) in [6.07, 6.45) is 1.76. The van der Waals surface area contributed by atoms with Crippen LogP contribution in [0.5, 0.6) is 0 Å². The Balaban J connectivity index is 2.94. The van der Waals surface area contributed by atoms with E-state index in [2.05, 4.69) is 61.0 Å². The lowest BCUT2D eigenvalue weighted by Crippen LogP contribution is -2.56. The van der Waals surface area contributed by atoms with Crippen molar-refractivity contribution in [3.8, 4) is 0 Å². The van der Waals surface area contributed by atoms with E-state index in [1.165, 1.54) is 6.07 Å². The van der Waals surface area contributed by atoms with E-state index < -0.39 is 0 Å². The summed E-state index contributed by atoms with van der Waals surface area (Å²) in [6.45, 7) is 7.47. The smallest absolute Gasteiger partial charge is 0.127 e. The quantitative estimate of drug-likeness (QED) is 0.808. The minimum atomic E-state index is -0.141. The maximum Gasteiger partial charge on any atom is 0.127 e. The van der Waals surface area contributed by atoms with E-state index in [9.17, 15) is 4.39 Å². The van der Waals surface area contributed by atoms with E-state index in [0.29, 0.717) is 6.42 Å². The highest BCUT2D eigenvalue weighted by atomic mass is 79.9. The molecule has 114 valence electrons. The van der Waals surface area contributed by atoms with Crippen LogP contribution >= 0.6 is 15.9 Å². The molecule has 0 aromatic heterocycles. The summed E-state index contributed by atoms with van der Waals surface area (Å²) in [4.78, 5) is 2.19. The maximum atomic E-state index is 14.1. The molecule has 0 saturated carbocycles. The van der Waals surface area contributed by atoms with Crippen LogP contribution < -0.4 is 5.32 Å². The number of likely N-dealkylation sites (N-methyl/N-ethyl adjacent to an activating group) is 1. The predicted molar refractivity (Wildman–Crippen MR) is 87.7 cm³/mol. The minimum absolute atomic E-state index is 0.0469. The fourth-order valence-electron chi connectivity index (χ4n) is 2.11. The monoisotopic (exact) mass is 344 g/mol. The summed E-state index contributed by atoms with van der Waals surface area (Å²) in [5, 5.41) is 3.56. The van der Waals surface area contributed by atoms with Crippen molar-refractivity contribution in [1.29, 1.82) is 0 Å². The fourth-order valence-corrected chi connectivity index (χ4v) is 2.44. The average molecular weight is 345 g/mol. The Hall–Kier alpha value is -0.450. The van der Waals surface area contributed by atoms with Crippen LogP contribution in [0.2, 0.25) is 0 Å². The van der Waals surface area contributed by atoms with Gasteiger partial charge in [0.05, 0.1) is 0 Å². The second-order valence-electron chi connectivity index (χ2n) is 5.99. The van der Waals surface area contributed by atoms with E-state index in [-0.39, 0.29) is 17.4 Å². The number of rotatable bonds is 7. The van der Waals surface area contributed by atoms with Gasteiger partial charge in [0.1, 0.15) is 5.82 Å². The van der Waals surface area contributed by atoms with E-state index in [1.807, 2.05) is 12.1 Å². The topological polar surface area (TPSA) is 15.3 Å². The van der Waals surface area contributed by atoms with Crippen LogP contribution in [0.1, 0.15) is 32.8 Å². The van der Waals surface area contributed by atoms with Crippen molar-refractivity contribution >= 4 is 15.9 Å². The van der Waals surface area contributed by atoms with Gasteiger partial charge in [0.25, 0.3) is 0 Å². The first-order chi connectivity index (χ1) is 9.28. The largest absolute Gasteiger partial charge is 0.312 e. The SMILES string of the molecule is CCCNC(Cc1ccc(Br)cc1F)C(C)(C)N(C)C. The molecule has 1 atom stereocenters. The van der Waals surface area contributed by atoms with Crippen LogP contribution in [0.25, 0.3) is 0 Å². The Morgan fingerprint density at radius 2 is 2.00 bits per heavy atom. The third-order valence-corrected chi connectivity index (χ3v) is 4.58. The Kier molecular flexibility index (Phi) is 6.62. The normalized spacial score (nSPS) is 13.8. The molecule has 1 aromatic carbocycles. The summed E-state index contributed by atoms with van der Waals surface area (Å²) >= 11 is 3.30. The van der Waals surface area contributed by atoms with Gasteiger partial charge in [-0.15, -0.1) is 0 Å². The average Bonchev–Trinajstić information content (AvgIpc) is 2.36. The second kappa shape index (κ2) is 7.53. The molecule has 2 nitrogen and oxygen atoms in total. The summed E-state index contributed by atoms with van der Waals surface area (Å²) < 4.78 is 14.8. The minimum Gasteiger partial charge on any atom is -0.312 e. The molecule has 1 unspecified atom stereocenters. The van der Waals surface area contributed by atoms with Gasteiger partial charge in [0.2, 0.25) is 0 Å². The maximum absolute atomic E-state index is 14.1.